The summed E-state index contributed by atoms with van der Waals surface area (Å²) < 4.78 is 10.5. The Morgan fingerprint density at radius 2 is 1.68 bits per heavy atom. The second kappa shape index (κ2) is 7.54. The second-order valence-corrected chi connectivity index (χ2v) is 5.52. The summed E-state index contributed by atoms with van der Waals surface area (Å²) in [7, 11) is 3.18. The summed E-state index contributed by atoms with van der Waals surface area (Å²) in [6, 6.07) is 10.5. The molecule has 0 spiro atoms. The smallest absolute Gasteiger partial charge is 0.175 e. The summed E-state index contributed by atoms with van der Waals surface area (Å²) in [5.74, 6) is 1.34. The summed E-state index contributed by atoms with van der Waals surface area (Å²) in [5.41, 5.74) is 1.34. The molecule has 0 unspecified atom stereocenters. The van der Waals surface area contributed by atoms with Crippen LogP contribution < -0.4 is 20.1 Å². The van der Waals surface area contributed by atoms with Gasteiger partial charge in [0, 0.05) is 11.1 Å². The second-order valence-electron chi connectivity index (χ2n) is 4.27. The predicted octanol–water partition coefficient (Wildman–Crippen LogP) is 4.82. The fourth-order valence-electron chi connectivity index (χ4n) is 1.78. The van der Waals surface area contributed by atoms with Gasteiger partial charge in [-0.05, 0) is 42.5 Å². The molecule has 0 aromatic heterocycles. The molecule has 0 aliphatic heterocycles. The Balaban J connectivity index is 2.14. The first kappa shape index (κ1) is 16.7. The molecule has 0 aliphatic rings. The molecule has 2 N–H and O–H groups in total. The van der Waals surface area contributed by atoms with Crippen LogP contribution in [0.25, 0.3) is 0 Å². The van der Waals surface area contributed by atoms with E-state index in [2.05, 4.69) is 10.6 Å². The van der Waals surface area contributed by atoms with E-state index in [4.69, 9.17) is 44.9 Å². The van der Waals surface area contributed by atoms with Crippen LogP contribution in [-0.2, 0) is 0 Å². The van der Waals surface area contributed by atoms with Crippen molar-refractivity contribution >= 4 is 51.9 Å². The first-order chi connectivity index (χ1) is 10.5. The number of anilines is 2. The fraction of sp³-hybridized carbons (Fsp3) is 0.133. The molecular formula is C15H14Cl2N2O2S. The molecule has 0 heterocycles. The van der Waals surface area contributed by atoms with Crippen molar-refractivity contribution in [2.45, 2.75) is 0 Å². The Hall–Kier alpha value is -1.69. The van der Waals surface area contributed by atoms with Gasteiger partial charge in [0.15, 0.2) is 5.11 Å². The molecule has 0 amide bonds. The highest BCUT2D eigenvalue weighted by Gasteiger charge is 2.08. The monoisotopic (exact) mass is 356 g/mol. The maximum absolute atomic E-state index is 6.10. The summed E-state index contributed by atoms with van der Waals surface area (Å²) in [6.45, 7) is 0. The standard InChI is InChI=1S/C15H14Cl2N2O2S/c1-20-10-4-6-14(21-2)13(8-10)19-15(22)18-12-5-3-9(16)7-11(12)17/h3-8H,1-2H3,(H2,18,19,22). The molecule has 0 bridgehead atoms. The minimum Gasteiger partial charge on any atom is -0.497 e. The predicted molar refractivity (Wildman–Crippen MR) is 95.9 cm³/mol. The lowest BCUT2D eigenvalue weighted by Gasteiger charge is -2.15. The molecule has 116 valence electrons. The number of hydrogen-bond donors (Lipinski definition) is 2. The Morgan fingerprint density at radius 3 is 2.32 bits per heavy atom. The average Bonchev–Trinajstić information content (AvgIpc) is 2.50. The largest absolute Gasteiger partial charge is 0.497 e. The van der Waals surface area contributed by atoms with E-state index < -0.39 is 0 Å². The third kappa shape index (κ3) is 4.16. The van der Waals surface area contributed by atoms with E-state index in [0.717, 1.165) is 0 Å². The third-order valence-corrected chi connectivity index (χ3v) is 3.59. The molecule has 2 rings (SSSR count). The SMILES string of the molecule is COc1ccc(OC)c(NC(=S)Nc2ccc(Cl)cc2Cl)c1. The molecule has 0 aliphatic carbocycles. The van der Waals surface area contributed by atoms with E-state index in [0.29, 0.717) is 38.0 Å². The minimum absolute atomic E-state index is 0.371. The molecule has 7 heteroatoms. The van der Waals surface area contributed by atoms with Crippen molar-refractivity contribution in [3.63, 3.8) is 0 Å². The Labute approximate surface area is 144 Å². The molecular weight excluding hydrogens is 343 g/mol. The van der Waals surface area contributed by atoms with Crippen LogP contribution >= 0.6 is 35.4 Å². The van der Waals surface area contributed by atoms with Crippen LogP contribution in [0.3, 0.4) is 0 Å². The van der Waals surface area contributed by atoms with Gasteiger partial charge in [-0.1, -0.05) is 23.2 Å². The lowest BCUT2D eigenvalue weighted by Crippen LogP contribution is -2.19. The van der Waals surface area contributed by atoms with Crippen LogP contribution in [0.1, 0.15) is 0 Å². The van der Waals surface area contributed by atoms with Gasteiger partial charge < -0.3 is 20.1 Å². The molecule has 0 saturated heterocycles. The highest BCUT2D eigenvalue weighted by atomic mass is 35.5. The van der Waals surface area contributed by atoms with Crippen molar-refractivity contribution in [3.8, 4) is 11.5 Å². The molecule has 0 saturated carbocycles. The Kier molecular flexibility index (Phi) is 5.71. The quantitative estimate of drug-likeness (QED) is 0.768. The van der Waals surface area contributed by atoms with Crippen LogP contribution in [0, 0.1) is 0 Å². The first-order valence-corrected chi connectivity index (χ1v) is 7.45. The van der Waals surface area contributed by atoms with Crippen molar-refractivity contribution in [2.24, 2.45) is 0 Å². The number of thiocarbonyl (C=S) groups is 1. The van der Waals surface area contributed by atoms with Gasteiger partial charge in [0.05, 0.1) is 30.6 Å². The van der Waals surface area contributed by atoms with Crippen LogP contribution in [0.15, 0.2) is 36.4 Å². The van der Waals surface area contributed by atoms with Crippen LogP contribution in [0.5, 0.6) is 11.5 Å². The number of methoxy groups -OCH3 is 2. The normalized spacial score (nSPS) is 10.0. The zero-order chi connectivity index (χ0) is 16.1. The van der Waals surface area contributed by atoms with Gasteiger partial charge in [-0.3, -0.25) is 0 Å². The van der Waals surface area contributed by atoms with Gasteiger partial charge in [0.2, 0.25) is 0 Å². The Morgan fingerprint density at radius 1 is 0.955 bits per heavy atom. The van der Waals surface area contributed by atoms with Crippen molar-refractivity contribution in [1.82, 2.24) is 0 Å². The summed E-state index contributed by atoms with van der Waals surface area (Å²) in [6.07, 6.45) is 0. The average molecular weight is 357 g/mol. The highest BCUT2D eigenvalue weighted by molar-refractivity contribution is 7.80. The van der Waals surface area contributed by atoms with Gasteiger partial charge in [-0.25, -0.2) is 0 Å². The summed E-state index contributed by atoms with van der Waals surface area (Å²) in [4.78, 5) is 0. The fourth-order valence-corrected chi connectivity index (χ4v) is 2.45. The van der Waals surface area contributed by atoms with Gasteiger partial charge in [0.1, 0.15) is 11.5 Å². The maximum atomic E-state index is 6.10. The molecule has 2 aromatic rings. The summed E-state index contributed by atoms with van der Waals surface area (Å²) in [5, 5.41) is 7.47. The van der Waals surface area contributed by atoms with Crippen LogP contribution in [0.2, 0.25) is 10.0 Å². The summed E-state index contributed by atoms with van der Waals surface area (Å²) >= 11 is 17.3. The van der Waals surface area contributed by atoms with E-state index in [1.165, 1.54) is 0 Å². The van der Waals surface area contributed by atoms with Gasteiger partial charge in [-0.15, -0.1) is 0 Å². The van der Waals surface area contributed by atoms with Crippen molar-refractivity contribution in [3.05, 3.63) is 46.4 Å². The number of hydrogen-bond acceptors (Lipinski definition) is 3. The van der Waals surface area contributed by atoms with E-state index in [1.54, 1.807) is 50.6 Å². The lowest BCUT2D eigenvalue weighted by molar-refractivity contribution is 0.405. The number of rotatable bonds is 4. The topological polar surface area (TPSA) is 42.5 Å². The van der Waals surface area contributed by atoms with Gasteiger partial charge in [-0.2, -0.15) is 0 Å². The van der Waals surface area contributed by atoms with E-state index in [-0.39, 0.29) is 0 Å². The maximum Gasteiger partial charge on any atom is 0.175 e. The van der Waals surface area contributed by atoms with E-state index in [1.807, 2.05) is 0 Å². The number of nitrogens with one attached hydrogen (secondary N) is 2. The molecule has 0 fully saturated rings. The molecule has 4 nitrogen and oxygen atoms in total. The zero-order valence-corrected chi connectivity index (χ0v) is 14.3. The highest BCUT2D eigenvalue weighted by Crippen LogP contribution is 2.30. The van der Waals surface area contributed by atoms with Gasteiger partial charge >= 0.3 is 0 Å². The zero-order valence-electron chi connectivity index (χ0n) is 11.9. The van der Waals surface area contributed by atoms with E-state index >= 15 is 0 Å². The van der Waals surface area contributed by atoms with Crippen LogP contribution in [-0.4, -0.2) is 19.3 Å². The molecule has 2 aromatic carbocycles. The minimum atomic E-state index is 0.371. The number of halogens is 2. The Bertz CT molecular complexity index is 695. The third-order valence-electron chi connectivity index (χ3n) is 2.83. The molecule has 0 radical (unpaired) electrons. The first-order valence-electron chi connectivity index (χ1n) is 6.28. The molecule has 22 heavy (non-hydrogen) atoms. The number of ether oxygens (including phenoxy) is 2. The number of benzene rings is 2. The van der Waals surface area contributed by atoms with Crippen molar-refractivity contribution < 1.29 is 9.47 Å². The van der Waals surface area contributed by atoms with Crippen molar-refractivity contribution in [1.29, 1.82) is 0 Å². The molecule has 0 atom stereocenters. The van der Waals surface area contributed by atoms with Crippen molar-refractivity contribution in [2.75, 3.05) is 24.9 Å². The van der Waals surface area contributed by atoms with Crippen LogP contribution in [0.4, 0.5) is 11.4 Å². The van der Waals surface area contributed by atoms with E-state index in [9.17, 15) is 0 Å². The lowest BCUT2D eigenvalue weighted by atomic mass is 10.2. The van der Waals surface area contributed by atoms with Gasteiger partial charge in [0.25, 0.3) is 0 Å².